The van der Waals surface area contributed by atoms with E-state index >= 15 is 0 Å². The Hall–Kier alpha value is -2.70. The number of carbonyl (C=O) groups is 3. The summed E-state index contributed by atoms with van der Waals surface area (Å²) in [6.07, 6.45) is 7.95. The van der Waals surface area contributed by atoms with Gasteiger partial charge in [-0.3, -0.25) is 19.3 Å². The van der Waals surface area contributed by atoms with Crippen LogP contribution in [0.3, 0.4) is 0 Å². The summed E-state index contributed by atoms with van der Waals surface area (Å²) in [7, 11) is 0. The van der Waals surface area contributed by atoms with Crippen molar-refractivity contribution < 1.29 is 14.4 Å². The van der Waals surface area contributed by atoms with Gasteiger partial charge in [0.2, 0.25) is 17.7 Å². The van der Waals surface area contributed by atoms with Gasteiger partial charge in [0.1, 0.15) is 12.2 Å². The molecule has 3 amide bonds. The Kier molecular flexibility index (Phi) is 4.44. The summed E-state index contributed by atoms with van der Waals surface area (Å²) >= 11 is 0. The fourth-order valence-electron chi connectivity index (χ4n) is 4.02. The van der Waals surface area contributed by atoms with Gasteiger partial charge in [-0.1, -0.05) is 18.9 Å². The molecule has 136 valence electrons. The molecular formula is C19H22N4O3. The summed E-state index contributed by atoms with van der Waals surface area (Å²) in [6.45, 7) is 0.252. The van der Waals surface area contributed by atoms with Crippen LogP contribution in [-0.2, 0) is 20.8 Å². The fraction of sp³-hybridized carbons (Fsp3) is 0.474. The van der Waals surface area contributed by atoms with E-state index in [1.54, 1.807) is 0 Å². The van der Waals surface area contributed by atoms with E-state index < -0.39 is 0 Å². The molecule has 3 heterocycles. The highest BCUT2D eigenvalue weighted by Crippen LogP contribution is 2.37. The zero-order valence-electron chi connectivity index (χ0n) is 14.6. The highest BCUT2D eigenvalue weighted by molar-refractivity contribution is 6.07. The van der Waals surface area contributed by atoms with Gasteiger partial charge < -0.3 is 9.72 Å². The maximum absolute atomic E-state index is 12.4. The number of aromatic nitrogens is 2. The molecule has 7 heteroatoms. The lowest BCUT2D eigenvalue weighted by Crippen LogP contribution is -2.41. The molecule has 26 heavy (non-hydrogen) atoms. The second-order valence-electron chi connectivity index (χ2n) is 7.06. The number of imide groups is 1. The molecule has 2 aromatic heterocycles. The Morgan fingerprint density at radius 2 is 1.88 bits per heavy atom. The van der Waals surface area contributed by atoms with Crippen molar-refractivity contribution in [2.24, 2.45) is 11.8 Å². The predicted molar refractivity (Wildman–Crippen MR) is 94.1 cm³/mol. The van der Waals surface area contributed by atoms with Crippen molar-refractivity contribution in [3.63, 3.8) is 0 Å². The molecule has 2 atom stereocenters. The molecule has 7 nitrogen and oxygen atoms in total. The highest BCUT2D eigenvalue weighted by Gasteiger charge is 2.48. The molecule has 1 aliphatic carbocycles. The Labute approximate surface area is 151 Å². The first-order valence-electron chi connectivity index (χ1n) is 9.18. The molecule has 0 radical (unpaired) electrons. The van der Waals surface area contributed by atoms with Crippen LogP contribution in [0.5, 0.6) is 0 Å². The van der Waals surface area contributed by atoms with Gasteiger partial charge >= 0.3 is 0 Å². The van der Waals surface area contributed by atoms with Crippen LogP contribution in [0.4, 0.5) is 0 Å². The number of likely N-dealkylation sites (tertiary alicyclic amines) is 1. The molecule has 1 saturated carbocycles. The minimum Gasteiger partial charge on any atom is -0.354 e. The first-order chi connectivity index (χ1) is 12.6. The lowest BCUT2D eigenvalue weighted by molar-refractivity contribution is -0.143. The Balaban J connectivity index is 1.30. The summed E-state index contributed by atoms with van der Waals surface area (Å²) in [5.74, 6) is -1.05. The lowest BCUT2D eigenvalue weighted by atomic mass is 9.81. The second kappa shape index (κ2) is 6.90. The summed E-state index contributed by atoms with van der Waals surface area (Å²) in [5.41, 5.74) is 1.75. The maximum atomic E-state index is 12.4. The molecule has 1 saturated heterocycles. The molecule has 2 aromatic rings. The van der Waals surface area contributed by atoms with E-state index in [9.17, 15) is 14.4 Å². The third-order valence-corrected chi connectivity index (χ3v) is 5.35. The number of fused-ring (bicyclic) bond motifs is 2. The van der Waals surface area contributed by atoms with Gasteiger partial charge in [-0.15, -0.1) is 0 Å². The van der Waals surface area contributed by atoms with Gasteiger partial charge in [-0.2, -0.15) is 0 Å². The summed E-state index contributed by atoms with van der Waals surface area (Å²) in [6, 6.07) is 5.78. The van der Waals surface area contributed by atoms with E-state index in [0.717, 1.165) is 41.9 Å². The van der Waals surface area contributed by atoms with Gasteiger partial charge in [-0.05, 0) is 25.0 Å². The number of carbonyl (C=O) groups excluding carboxylic acids is 3. The number of pyridine rings is 1. The van der Waals surface area contributed by atoms with Gasteiger partial charge in [0.25, 0.3) is 0 Å². The SMILES string of the molecule is O=C(CN1C(=O)C2CCCCC2C1=O)NCCc1cn2ccccc2n1. The van der Waals surface area contributed by atoms with Crippen LogP contribution in [0.25, 0.3) is 5.65 Å². The topological polar surface area (TPSA) is 83.8 Å². The Morgan fingerprint density at radius 1 is 1.15 bits per heavy atom. The molecule has 0 bridgehead atoms. The monoisotopic (exact) mass is 354 g/mol. The molecule has 2 unspecified atom stereocenters. The van der Waals surface area contributed by atoms with Crippen LogP contribution < -0.4 is 5.32 Å². The number of nitrogens with zero attached hydrogens (tertiary/aromatic N) is 3. The molecule has 4 rings (SSSR count). The smallest absolute Gasteiger partial charge is 0.240 e. The second-order valence-corrected chi connectivity index (χ2v) is 7.06. The number of nitrogens with one attached hydrogen (secondary N) is 1. The number of hydrogen-bond acceptors (Lipinski definition) is 4. The van der Waals surface area contributed by atoms with E-state index in [-0.39, 0.29) is 36.1 Å². The van der Waals surface area contributed by atoms with Gasteiger partial charge in [0, 0.05) is 25.4 Å². The average Bonchev–Trinajstić information content (AvgIpc) is 3.16. The zero-order chi connectivity index (χ0) is 18.1. The van der Waals surface area contributed by atoms with Crippen molar-refractivity contribution >= 4 is 23.4 Å². The third kappa shape index (κ3) is 3.09. The van der Waals surface area contributed by atoms with Crippen molar-refractivity contribution in [1.82, 2.24) is 19.6 Å². The molecular weight excluding hydrogens is 332 g/mol. The number of amides is 3. The molecule has 2 fully saturated rings. The van der Waals surface area contributed by atoms with Crippen LogP contribution in [0.2, 0.25) is 0 Å². The Morgan fingerprint density at radius 3 is 2.58 bits per heavy atom. The van der Waals surface area contributed by atoms with E-state index in [2.05, 4.69) is 10.3 Å². The minimum absolute atomic E-state index is 0.171. The van der Waals surface area contributed by atoms with Crippen LogP contribution in [0, 0.1) is 11.8 Å². The molecule has 0 spiro atoms. The van der Waals surface area contributed by atoms with Crippen LogP contribution in [0.1, 0.15) is 31.4 Å². The largest absolute Gasteiger partial charge is 0.354 e. The van der Waals surface area contributed by atoms with Crippen molar-refractivity contribution in [2.75, 3.05) is 13.1 Å². The van der Waals surface area contributed by atoms with Gasteiger partial charge in [-0.25, -0.2) is 4.98 Å². The summed E-state index contributed by atoms with van der Waals surface area (Å²) in [4.78, 5) is 42.6. The maximum Gasteiger partial charge on any atom is 0.240 e. The first kappa shape index (κ1) is 16.8. The minimum atomic E-state index is -0.297. The van der Waals surface area contributed by atoms with Crippen molar-refractivity contribution in [1.29, 1.82) is 0 Å². The number of rotatable bonds is 5. The number of hydrogen-bond donors (Lipinski definition) is 1. The average molecular weight is 354 g/mol. The van der Waals surface area contributed by atoms with Gasteiger partial charge in [0.05, 0.1) is 17.5 Å². The van der Waals surface area contributed by atoms with Crippen molar-refractivity contribution in [3.8, 4) is 0 Å². The summed E-state index contributed by atoms with van der Waals surface area (Å²) in [5, 5.41) is 2.79. The molecule has 2 aliphatic rings. The summed E-state index contributed by atoms with van der Waals surface area (Å²) < 4.78 is 1.93. The lowest BCUT2D eigenvalue weighted by Gasteiger charge is -2.19. The van der Waals surface area contributed by atoms with Gasteiger partial charge in [0.15, 0.2) is 0 Å². The fourth-order valence-corrected chi connectivity index (χ4v) is 4.02. The van der Waals surface area contributed by atoms with Crippen molar-refractivity contribution in [2.45, 2.75) is 32.1 Å². The zero-order valence-corrected chi connectivity index (χ0v) is 14.6. The Bertz CT molecular complexity index is 802. The van der Waals surface area contributed by atoms with Crippen molar-refractivity contribution in [3.05, 3.63) is 36.3 Å². The van der Waals surface area contributed by atoms with Crippen LogP contribution in [0.15, 0.2) is 30.6 Å². The standard InChI is InChI=1S/C19H22N4O3/c24-17(12-23-18(25)14-5-1-2-6-15(14)19(23)26)20-9-8-13-11-22-10-4-3-7-16(22)21-13/h3-4,7,10-11,14-15H,1-2,5-6,8-9,12H2,(H,20,24). The first-order valence-corrected chi connectivity index (χ1v) is 9.18. The van der Waals surface area contributed by atoms with E-state index in [4.69, 9.17) is 0 Å². The van der Waals surface area contributed by atoms with Crippen LogP contribution >= 0.6 is 0 Å². The number of imidazole rings is 1. The quantitative estimate of drug-likeness (QED) is 0.817. The van der Waals surface area contributed by atoms with E-state index in [1.165, 1.54) is 0 Å². The molecule has 0 aromatic carbocycles. The highest BCUT2D eigenvalue weighted by atomic mass is 16.2. The van der Waals surface area contributed by atoms with E-state index in [1.807, 2.05) is 35.0 Å². The normalized spacial score (nSPS) is 22.7. The predicted octanol–water partition coefficient (Wildman–Crippen LogP) is 1.17. The van der Waals surface area contributed by atoms with Crippen LogP contribution in [-0.4, -0.2) is 45.1 Å². The molecule has 1 aliphatic heterocycles. The molecule has 1 N–H and O–H groups in total. The third-order valence-electron chi connectivity index (χ3n) is 5.35. The van der Waals surface area contributed by atoms with E-state index in [0.29, 0.717) is 13.0 Å².